The molecule has 0 aliphatic rings. The van der Waals surface area contributed by atoms with Crippen molar-refractivity contribution >= 4 is 23.0 Å². The lowest BCUT2D eigenvalue weighted by Crippen LogP contribution is -2.25. The van der Waals surface area contributed by atoms with E-state index in [-0.39, 0.29) is 12.5 Å². The maximum absolute atomic E-state index is 12.1. The first-order valence-corrected chi connectivity index (χ1v) is 6.73. The minimum Gasteiger partial charge on any atom is -0.408 e. The van der Waals surface area contributed by atoms with Crippen molar-refractivity contribution in [1.82, 2.24) is 14.5 Å². The predicted molar refractivity (Wildman–Crippen MR) is 80.6 cm³/mol. The lowest BCUT2D eigenvalue weighted by molar-refractivity contribution is -0.116. The molecule has 2 aromatic heterocycles. The summed E-state index contributed by atoms with van der Waals surface area (Å²) >= 11 is 0. The molecule has 1 N–H and O–H groups in total. The molecule has 3 aromatic rings. The molecule has 2 heterocycles. The van der Waals surface area contributed by atoms with Gasteiger partial charge in [-0.2, -0.15) is 0 Å². The van der Waals surface area contributed by atoms with Crippen molar-refractivity contribution in [2.75, 3.05) is 5.32 Å². The number of benzene rings is 1. The molecule has 0 saturated carbocycles. The van der Waals surface area contributed by atoms with E-state index in [0.29, 0.717) is 11.1 Å². The summed E-state index contributed by atoms with van der Waals surface area (Å²) in [6.07, 6.45) is 0. The van der Waals surface area contributed by atoms with Crippen LogP contribution in [0.15, 0.2) is 39.5 Å². The first-order chi connectivity index (χ1) is 10.5. The van der Waals surface area contributed by atoms with Crippen LogP contribution in [0.2, 0.25) is 0 Å². The molecular weight excluding hydrogens is 284 g/mol. The highest BCUT2D eigenvalue weighted by Gasteiger charge is 2.13. The fraction of sp³-hybridized carbons (Fsp3) is 0.200. The Hall–Kier alpha value is -2.96. The van der Waals surface area contributed by atoms with Gasteiger partial charge in [-0.05, 0) is 32.0 Å². The smallest absolute Gasteiger partial charge is 0.408 e. The van der Waals surface area contributed by atoms with Gasteiger partial charge in [0.25, 0.3) is 0 Å². The van der Waals surface area contributed by atoms with Crippen LogP contribution in [0.5, 0.6) is 0 Å². The Balaban J connectivity index is 1.84. The zero-order valence-corrected chi connectivity index (χ0v) is 12.2. The number of oxazole rings is 1. The van der Waals surface area contributed by atoms with Gasteiger partial charge in [-0.25, -0.2) is 14.8 Å². The highest BCUT2D eigenvalue weighted by Crippen LogP contribution is 2.11. The molecule has 112 valence electrons. The van der Waals surface area contributed by atoms with Crippen LogP contribution in [0.1, 0.15) is 11.4 Å². The first kappa shape index (κ1) is 14.0. The van der Waals surface area contributed by atoms with Crippen molar-refractivity contribution in [3.05, 3.63) is 52.3 Å². The van der Waals surface area contributed by atoms with E-state index in [0.717, 1.165) is 11.4 Å². The van der Waals surface area contributed by atoms with Crippen molar-refractivity contribution in [2.45, 2.75) is 20.4 Å². The molecule has 0 atom stereocenters. The quantitative estimate of drug-likeness (QED) is 0.794. The number of nitrogens with zero attached hydrogens (tertiary/aromatic N) is 3. The highest BCUT2D eigenvalue weighted by atomic mass is 16.4. The van der Waals surface area contributed by atoms with Crippen molar-refractivity contribution in [1.29, 1.82) is 0 Å². The monoisotopic (exact) mass is 298 g/mol. The van der Waals surface area contributed by atoms with E-state index in [4.69, 9.17) is 4.42 Å². The van der Waals surface area contributed by atoms with Gasteiger partial charge < -0.3 is 4.42 Å². The van der Waals surface area contributed by atoms with E-state index in [2.05, 4.69) is 15.3 Å². The van der Waals surface area contributed by atoms with Crippen molar-refractivity contribution in [3.63, 3.8) is 0 Å². The Morgan fingerprint density at radius 2 is 1.91 bits per heavy atom. The maximum atomic E-state index is 12.1. The summed E-state index contributed by atoms with van der Waals surface area (Å²) in [6.45, 7) is 3.48. The number of fused-ring (bicyclic) bond motifs is 1. The van der Waals surface area contributed by atoms with E-state index in [1.165, 1.54) is 4.57 Å². The zero-order chi connectivity index (χ0) is 15.7. The van der Waals surface area contributed by atoms with Crippen molar-refractivity contribution in [3.8, 4) is 0 Å². The van der Waals surface area contributed by atoms with E-state index in [1.54, 1.807) is 24.3 Å². The summed E-state index contributed by atoms with van der Waals surface area (Å²) in [5.74, 6) is -0.736. The standard InChI is InChI=1S/C15H14N4O3/c1-9-7-10(2)17-14(16-9)18-13(20)8-19-11-5-3-4-6-12(11)22-15(19)21/h3-7H,8H2,1-2H3,(H,16,17,18,20). The number of amides is 1. The fourth-order valence-electron chi connectivity index (χ4n) is 2.25. The molecule has 0 aliphatic heterocycles. The second-order valence-electron chi connectivity index (χ2n) is 4.94. The molecule has 1 aromatic carbocycles. The van der Waals surface area contributed by atoms with E-state index < -0.39 is 11.7 Å². The average Bonchev–Trinajstić information content (AvgIpc) is 2.74. The molecule has 0 bridgehead atoms. The number of carbonyl (C=O) groups excluding carboxylic acids is 1. The van der Waals surface area contributed by atoms with Gasteiger partial charge in [0.05, 0.1) is 5.52 Å². The van der Waals surface area contributed by atoms with Gasteiger partial charge in [0.1, 0.15) is 6.54 Å². The largest absolute Gasteiger partial charge is 0.420 e. The Labute approximate surface area is 125 Å². The Morgan fingerprint density at radius 1 is 1.23 bits per heavy atom. The summed E-state index contributed by atoms with van der Waals surface area (Å²) in [5.41, 5.74) is 2.54. The number of aryl methyl sites for hydroxylation is 2. The molecule has 0 unspecified atom stereocenters. The van der Waals surface area contributed by atoms with Crippen LogP contribution in [0.3, 0.4) is 0 Å². The molecule has 0 fully saturated rings. The van der Waals surface area contributed by atoms with Gasteiger partial charge >= 0.3 is 5.76 Å². The Morgan fingerprint density at radius 3 is 2.64 bits per heavy atom. The van der Waals surface area contributed by atoms with Crippen molar-refractivity contribution in [2.24, 2.45) is 0 Å². The minimum atomic E-state index is -0.572. The van der Waals surface area contributed by atoms with Crippen molar-refractivity contribution < 1.29 is 9.21 Å². The van der Waals surface area contributed by atoms with Gasteiger partial charge in [-0.15, -0.1) is 0 Å². The molecule has 7 heteroatoms. The Bertz CT molecular complexity index is 890. The number of rotatable bonds is 3. The summed E-state index contributed by atoms with van der Waals surface area (Å²) in [4.78, 5) is 32.2. The van der Waals surface area contributed by atoms with Gasteiger partial charge in [-0.3, -0.25) is 14.7 Å². The summed E-state index contributed by atoms with van der Waals surface area (Å²) < 4.78 is 6.36. The third-order valence-corrected chi connectivity index (χ3v) is 3.11. The molecule has 7 nitrogen and oxygen atoms in total. The fourth-order valence-corrected chi connectivity index (χ4v) is 2.25. The molecule has 1 amide bonds. The molecule has 0 radical (unpaired) electrons. The topological polar surface area (TPSA) is 90.0 Å². The number of hydrogen-bond acceptors (Lipinski definition) is 5. The van der Waals surface area contributed by atoms with Crippen LogP contribution in [-0.4, -0.2) is 20.4 Å². The SMILES string of the molecule is Cc1cc(C)nc(NC(=O)Cn2c(=O)oc3ccccc32)n1. The van der Waals surface area contributed by atoms with Gasteiger partial charge in [-0.1, -0.05) is 12.1 Å². The normalized spacial score (nSPS) is 10.8. The second-order valence-corrected chi connectivity index (χ2v) is 4.94. The van der Waals surface area contributed by atoms with Gasteiger partial charge in [0, 0.05) is 11.4 Å². The number of hydrogen-bond donors (Lipinski definition) is 1. The zero-order valence-electron chi connectivity index (χ0n) is 12.2. The molecule has 22 heavy (non-hydrogen) atoms. The third kappa shape index (κ3) is 2.73. The molecule has 0 aliphatic carbocycles. The van der Waals surface area contributed by atoms with E-state index in [9.17, 15) is 9.59 Å². The minimum absolute atomic E-state index is 0.161. The van der Waals surface area contributed by atoms with Crippen LogP contribution in [0.25, 0.3) is 11.1 Å². The highest BCUT2D eigenvalue weighted by molar-refractivity contribution is 5.89. The van der Waals surface area contributed by atoms with Crippen LogP contribution in [0.4, 0.5) is 5.95 Å². The van der Waals surface area contributed by atoms with Crippen LogP contribution in [0, 0.1) is 13.8 Å². The Kier molecular flexibility index (Phi) is 3.46. The lowest BCUT2D eigenvalue weighted by atomic mass is 10.3. The molecule has 0 spiro atoms. The maximum Gasteiger partial charge on any atom is 0.420 e. The van der Waals surface area contributed by atoms with Crippen LogP contribution < -0.4 is 11.1 Å². The molecule has 3 rings (SSSR count). The number of nitrogens with one attached hydrogen (secondary N) is 1. The van der Waals surface area contributed by atoms with Gasteiger partial charge in [0.2, 0.25) is 11.9 Å². The van der Waals surface area contributed by atoms with E-state index >= 15 is 0 Å². The van der Waals surface area contributed by atoms with Gasteiger partial charge in [0.15, 0.2) is 5.58 Å². The second kappa shape index (κ2) is 5.44. The summed E-state index contributed by atoms with van der Waals surface area (Å²) in [5, 5.41) is 2.59. The third-order valence-electron chi connectivity index (χ3n) is 3.11. The van der Waals surface area contributed by atoms with Crippen LogP contribution >= 0.6 is 0 Å². The average molecular weight is 298 g/mol. The molecular formula is C15H14N4O3. The summed E-state index contributed by atoms with van der Waals surface area (Å²) in [6, 6.07) is 8.75. The van der Waals surface area contributed by atoms with E-state index in [1.807, 2.05) is 19.9 Å². The number of para-hydroxylation sites is 2. The lowest BCUT2D eigenvalue weighted by Gasteiger charge is -2.06. The first-order valence-electron chi connectivity index (χ1n) is 6.73. The number of carbonyl (C=O) groups is 1. The number of aromatic nitrogens is 3. The predicted octanol–water partition coefficient (Wildman–Crippen LogP) is 1.64. The summed E-state index contributed by atoms with van der Waals surface area (Å²) in [7, 11) is 0. The molecule has 0 saturated heterocycles. The van der Waals surface area contributed by atoms with Crippen LogP contribution in [-0.2, 0) is 11.3 Å². The number of anilines is 1.